The van der Waals surface area contributed by atoms with E-state index in [1.807, 2.05) is 57.7 Å². The molecule has 2 unspecified atom stereocenters. The maximum Gasteiger partial charge on any atom is 0.204 e. The Morgan fingerprint density at radius 1 is 0.352 bits per heavy atom. The average molecular weight is 1830 g/mol. The zero-order chi connectivity index (χ0) is 88.7. The van der Waals surface area contributed by atoms with Gasteiger partial charge in [0.05, 0.1) is 30.0 Å². The Hall–Kier alpha value is -9.52. The van der Waals surface area contributed by atoms with Crippen LogP contribution in [0.2, 0.25) is 0 Å². The highest BCUT2D eigenvalue weighted by Gasteiger charge is 2.54. The molecule has 14 heteroatoms. The van der Waals surface area contributed by atoms with Crippen molar-refractivity contribution >= 4 is 144 Å². The molecule has 6 nitrogen and oxygen atoms in total. The fourth-order valence-corrected chi connectivity index (χ4v) is 30.6. The normalized spacial score (nSPS) is 14.9. The topological polar surface area (TPSA) is 129 Å². The molecule has 0 N–H and O–H groups in total. The van der Waals surface area contributed by atoms with Crippen LogP contribution in [-0.2, 0) is 49.4 Å². The lowest BCUT2D eigenvalue weighted by atomic mass is 9.65. The van der Waals surface area contributed by atoms with Gasteiger partial charge in [-0.05, 0) is 237 Å². The zero-order valence-electron chi connectivity index (χ0n) is 75.4. The first kappa shape index (κ1) is 90.4. The molecule has 8 aromatic heterocycles. The molecule has 0 radical (unpaired) electrons. The highest BCUT2D eigenvalue weighted by molar-refractivity contribution is 7.30. The smallest absolute Gasteiger partial charge is 0.204 e. The van der Waals surface area contributed by atoms with E-state index >= 15 is 9.59 Å². The summed E-state index contributed by atoms with van der Waals surface area (Å²) in [5.41, 5.74) is 21.9. The van der Waals surface area contributed by atoms with E-state index in [0.717, 1.165) is 155 Å². The van der Waals surface area contributed by atoms with Crippen molar-refractivity contribution in [2.75, 3.05) is 0 Å². The molecule has 0 saturated heterocycles. The molecular formula is C114H114N4O2S8. The number of nitriles is 4. The maximum absolute atomic E-state index is 15.2. The third-order valence-electron chi connectivity index (χ3n) is 27.8. The molecule has 0 spiro atoms. The summed E-state index contributed by atoms with van der Waals surface area (Å²) >= 11 is 13.4. The van der Waals surface area contributed by atoms with Gasteiger partial charge in [0.15, 0.2) is 0 Å². The van der Waals surface area contributed by atoms with E-state index in [4.69, 9.17) is 0 Å². The number of Topliss-reactive ketones (excluding diaryl/α,β-unsaturated/α-hetero) is 2. The second-order valence-corrected chi connectivity index (χ2v) is 44.2. The fourth-order valence-electron chi connectivity index (χ4n) is 20.9. The van der Waals surface area contributed by atoms with Crippen molar-refractivity contribution in [3.63, 3.8) is 0 Å². The number of aryl methyl sites for hydroxylation is 4. The Balaban J connectivity index is 0.940. The van der Waals surface area contributed by atoms with Crippen LogP contribution in [0.5, 0.6) is 0 Å². The number of fused-ring (bicyclic) bond motifs is 12. The first-order valence-corrected chi connectivity index (χ1v) is 54.2. The van der Waals surface area contributed by atoms with Crippen molar-refractivity contribution in [1.29, 1.82) is 21.0 Å². The first-order chi connectivity index (χ1) is 62.7. The van der Waals surface area contributed by atoms with Gasteiger partial charge in [-0.2, -0.15) is 21.0 Å². The molecule has 0 bridgehead atoms. The molecule has 0 aliphatic heterocycles. The van der Waals surface area contributed by atoms with Gasteiger partial charge in [0.25, 0.3) is 0 Å². The number of hydrogen-bond acceptors (Lipinski definition) is 14. The first-order valence-electron chi connectivity index (χ1n) is 47.5. The molecule has 0 amide bonds. The standard InChI is InChI=1S/C114H114N4O2S8/c1-9-17-23-27-33-73-37-45-81(46-38-73)113(82-47-39-74(40-48-82)34-28-24-18-10-2)91-63-88-92(64-87(91)107-93(113)65-97(127-107)105-77(57-71(15-7)31-21-13-5)59-85(123-105)61-89-99(79(67-115)68-116)101-109-95(53-55-121-109)125-111(101)103(89)119)114(83-49-41-75(42-50-83)35-29-25-19-11-3,84-51-43-76(44-52-84)36-30-26-20-12-4)94-66-98(128-108(88)94)106-78(58-72(16-8)32-22-14-6)60-86(124-106)62-90-100(80(69-117)70-118)102-110-96(54-56-122-110)126-112(102)104(90)120/h37-56,59-66,71-72H,9-36,57-58H2,1-8H3/b89-61-,90-62-. The molecule has 4 aliphatic carbocycles. The number of thiophene rings is 8. The summed E-state index contributed by atoms with van der Waals surface area (Å²) in [6.07, 6.45) is 37.6. The van der Waals surface area contributed by atoms with Gasteiger partial charge >= 0.3 is 0 Å². The van der Waals surface area contributed by atoms with Gasteiger partial charge in [-0.1, -0.05) is 281 Å². The van der Waals surface area contributed by atoms with E-state index in [9.17, 15) is 21.0 Å². The number of carbonyl (C=O) groups excluding carboxylic acids is 2. The van der Waals surface area contributed by atoms with E-state index in [2.05, 4.69) is 213 Å². The van der Waals surface area contributed by atoms with Crippen LogP contribution < -0.4 is 0 Å². The van der Waals surface area contributed by atoms with Gasteiger partial charge in [-0.25, -0.2) is 0 Å². The predicted octanol–water partition coefficient (Wildman–Crippen LogP) is 34.7. The number of nitrogens with zero attached hydrogens (tertiary/aromatic N) is 4. The number of unbranched alkanes of at least 4 members (excludes halogenated alkanes) is 14. The summed E-state index contributed by atoms with van der Waals surface area (Å²) in [7, 11) is 0. The van der Waals surface area contributed by atoms with Crippen LogP contribution in [0.3, 0.4) is 0 Å². The molecule has 0 saturated carbocycles. The third-order valence-corrected chi connectivity index (χ3v) is 37.2. The van der Waals surface area contributed by atoms with Crippen molar-refractivity contribution < 1.29 is 9.59 Å². The number of hydrogen-bond donors (Lipinski definition) is 0. The number of carbonyl (C=O) groups is 2. The van der Waals surface area contributed by atoms with Crippen LogP contribution in [0.25, 0.3) is 82.5 Å². The van der Waals surface area contributed by atoms with Gasteiger partial charge in [0.1, 0.15) is 35.4 Å². The molecule has 8 heterocycles. The van der Waals surface area contributed by atoms with E-state index in [-0.39, 0.29) is 22.7 Å². The monoisotopic (exact) mass is 1830 g/mol. The Labute approximate surface area is 790 Å². The summed E-state index contributed by atoms with van der Waals surface area (Å²) in [5, 5.41) is 47.1. The Kier molecular flexibility index (Phi) is 28.6. The van der Waals surface area contributed by atoms with Crippen LogP contribution >= 0.6 is 90.7 Å². The molecule has 0 fully saturated rings. The van der Waals surface area contributed by atoms with Crippen LogP contribution in [-0.4, -0.2) is 11.6 Å². The molecule has 128 heavy (non-hydrogen) atoms. The highest BCUT2D eigenvalue weighted by atomic mass is 32.1. The number of rotatable bonds is 40. The van der Waals surface area contributed by atoms with Crippen LogP contribution in [0.4, 0.5) is 0 Å². The minimum absolute atomic E-state index is 0.0369. The molecule has 17 rings (SSSR count). The van der Waals surface area contributed by atoms with E-state index < -0.39 is 10.8 Å². The lowest BCUT2D eigenvalue weighted by molar-refractivity contribution is 0.103. The molecule has 13 aromatic rings. The molecule has 5 aromatic carbocycles. The van der Waals surface area contributed by atoms with Gasteiger partial charge in [0.2, 0.25) is 11.6 Å². The predicted molar refractivity (Wildman–Crippen MR) is 549 cm³/mol. The van der Waals surface area contributed by atoms with E-state index in [1.165, 1.54) is 218 Å². The highest BCUT2D eigenvalue weighted by Crippen LogP contribution is 2.67. The minimum atomic E-state index is -0.821. The van der Waals surface area contributed by atoms with Crippen molar-refractivity contribution in [2.45, 2.75) is 259 Å². The lowest BCUT2D eigenvalue weighted by Gasteiger charge is -2.36. The largest absolute Gasteiger partial charge is 0.288 e. The quantitative estimate of drug-likeness (QED) is 0.0214. The summed E-state index contributed by atoms with van der Waals surface area (Å²) < 4.78 is 3.89. The summed E-state index contributed by atoms with van der Waals surface area (Å²) in [5.74, 6) is 0.589. The average Bonchev–Trinajstić information content (AvgIpc) is 1.50. The number of ketones is 2. The van der Waals surface area contributed by atoms with Crippen molar-refractivity contribution in [2.24, 2.45) is 11.8 Å². The summed E-state index contributed by atoms with van der Waals surface area (Å²) in [6.45, 7) is 18.4. The minimum Gasteiger partial charge on any atom is -0.288 e. The maximum atomic E-state index is 15.2. The van der Waals surface area contributed by atoms with Crippen molar-refractivity contribution in [1.82, 2.24) is 0 Å². The summed E-state index contributed by atoms with van der Waals surface area (Å²) in [4.78, 5) is 40.7. The second kappa shape index (κ2) is 40.5. The molecule has 650 valence electrons. The molecule has 2 atom stereocenters. The molecule has 4 aliphatic rings. The van der Waals surface area contributed by atoms with Gasteiger partial charge < -0.3 is 0 Å². The Morgan fingerprint density at radius 2 is 0.680 bits per heavy atom. The van der Waals surface area contributed by atoms with Crippen LogP contribution in [0.15, 0.2) is 179 Å². The fraction of sp³-hybridized carbons (Fsp3) is 0.368. The van der Waals surface area contributed by atoms with E-state index in [0.29, 0.717) is 43.9 Å². The van der Waals surface area contributed by atoms with Crippen LogP contribution in [0, 0.1) is 57.2 Å². The van der Waals surface area contributed by atoms with Crippen molar-refractivity contribution in [3.8, 4) is 64.7 Å². The lowest BCUT2D eigenvalue weighted by Crippen LogP contribution is -2.30. The van der Waals surface area contributed by atoms with Gasteiger partial charge in [-0.3, -0.25) is 9.59 Å². The SMILES string of the molecule is CCCCCCc1ccc(C2(c3ccc(CCCCCC)cc3)c3cc4c(cc3-c3sc(-c5sc(/C=C6\C(=O)c7sc8ccsc8c7C6=C(C#N)C#N)cc5CC(CC)CCCC)cc32)C(c2ccc(CCCCCC)cc2)(c2ccc(CCCCCC)cc2)c2cc(-c3sc(/C=C5\C(=O)c6sc7ccsc7c6C5=C(C#N)C#N)cc3CC(CC)CCCC)sc2-4)cc1. The Morgan fingerprint density at radius 3 is 0.984 bits per heavy atom. The van der Waals surface area contributed by atoms with Gasteiger partial charge in [-0.15, -0.1) is 90.7 Å². The van der Waals surface area contributed by atoms with Gasteiger partial charge in [0, 0.05) is 81.8 Å². The zero-order valence-corrected chi connectivity index (χ0v) is 81.9. The number of benzene rings is 5. The second-order valence-electron chi connectivity index (χ2n) is 36.0. The van der Waals surface area contributed by atoms with Crippen molar-refractivity contribution in [3.05, 3.63) is 287 Å². The van der Waals surface area contributed by atoms with E-state index in [1.54, 1.807) is 45.3 Å². The third kappa shape index (κ3) is 17.0. The molecular weight excluding hydrogens is 1710 g/mol. The Bertz CT molecular complexity index is 6060. The number of allylic oxidation sites excluding steroid dienone is 6. The van der Waals surface area contributed by atoms with Crippen LogP contribution in [0.1, 0.15) is 328 Å². The summed E-state index contributed by atoms with van der Waals surface area (Å²) in [6, 6.07) is 67.8.